The Kier molecular flexibility index (Phi) is 4.78. The molecule has 5 nitrogen and oxygen atoms in total. The molecule has 0 atom stereocenters. The van der Waals surface area contributed by atoms with Crippen LogP contribution in [-0.2, 0) is 11.2 Å². The molecule has 2 aromatic rings. The van der Waals surface area contributed by atoms with Gasteiger partial charge in [-0.2, -0.15) is 0 Å². The van der Waals surface area contributed by atoms with Gasteiger partial charge in [0.25, 0.3) is 0 Å². The van der Waals surface area contributed by atoms with Crippen molar-refractivity contribution in [1.29, 1.82) is 0 Å². The molecule has 19 heavy (non-hydrogen) atoms. The maximum Gasteiger partial charge on any atom is 0.308 e. The lowest BCUT2D eigenvalue weighted by Gasteiger charge is -1.98. The summed E-state index contributed by atoms with van der Waals surface area (Å²) < 4.78 is 0.805. The van der Waals surface area contributed by atoms with Gasteiger partial charge in [-0.15, -0.1) is 23.1 Å². The summed E-state index contributed by atoms with van der Waals surface area (Å²) in [7, 11) is 0. The molecule has 100 valence electrons. The third kappa shape index (κ3) is 3.92. The molecule has 0 aliphatic carbocycles. The predicted molar refractivity (Wildman–Crippen MR) is 76.1 cm³/mol. The Morgan fingerprint density at radius 3 is 2.84 bits per heavy atom. The van der Waals surface area contributed by atoms with Gasteiger partial charge in [0.1, 0.15) is 16.4 Å². The van der Waals surface area contributed by atoms with E-state index >= 15 is 0 Å². The molecule has 0 radical (unpaired) electrons. The lowest BCUT2D eigenvalue weighted by Crippen LogP contribution is -1.99. The second kappa shape index (κ2) is 6.36. The Balaban J connectivity index is 2.16. The Morgan fingerprint density at radius 2 is 2.16 bits per heavy atom. The standard InChI is InChI=1S/C11H11N3O2S3/c1-6-7(3-10(15)16)18-11(14-6)19-9-4-8(17-2)12-5-13-9/h4-5H,3H2,1-2H3,(H,15,16). The summed E-state index contributed by atoms with van der Waals surface area (Å²) in [6.07, 6.45) is 3.49. The fourth-order valence-electron chi connectivity index (χ4n) is 1.33. The van der Waals surface area contributed by atoms with E-state index in [0.29, 0.717) is 0 Å². The van der Waals surface area contributed by atoms with E-state index in [2.05, 4.69) is 15.0 Å². The molecule has 0 aromatic carbocycles. The van der Waals surface area contributed by atoms with Gasteiger partial charge in [0.2, 0.25) is 0 Å². The van der Waals surface area contributed by atoms with E-state index in [-0.39, 0.29) is 6.42 Å². The highest BCUT2D eigenvalue weighted by atomic mass is 32.2. The number of carboxylic acids is 1. The molecular formula is C11H11N3O2S3. The predicted octanol–water partition coefficient (Wildman–Crippen LogP) is 2.74. The minimum Gasteiger partial charge on any atom is -0.481 e. The molecular weight excluding hydrogens is 302 g/mol. The Bertz CT molecular complexity index is 601. The average molecular weight is 313 g/mol. The largest absolute Gasteiger partial charge is 0.481 e. The topological polar surface area (TPSA) is 76.0 Å². The van der Waals surface area contributed by atoms with Crippen LogP contribution in [0.15, 0.2) is 26.8 Å². The van der Waals surface area contributed by atoms with E-state index in [1.54, 1.807) is 11.8 Å². The number of aryl methyl sites for hydroxylation is 1. The van der Waals surface area contributed by atoms with Crippen LogP contribution in [0.2, 0.25) is 0 Å². The van der Waals surface area contributed by atoms with E-state index in [9.17, 15) is 4.79 Å². The first-order valence-electron chi connectivity index (χ1n) is 5.30. The Morgan fingerprint density at radius 1 is 1.42 bits per heavy atom. The lowest BCUT2D eigenvalue weighted by molar-refractivity contribution is -0.136. The molecule has 0 bridgehead atoms. The van der Waals surface area contributed by atoms with Crippen LogP contribution in [0.3, 0.4) is 0 Å². The van der Waals surface area contributed by atoms with Crippen LogP contribution in [0, 0.1) is 6.92 Å². The molecule has 0 aliphatic rings. The minimum absolute atomic E-state index is 0.0178. The van der Waals surface area contributed by atoms with Gasteiger partial charge in [-0.1, -0.05) is 0 Å². The van der Waals surface area contributed by atoms with E-state index in [1.165, 1.54) is 29.4 Å². The molecule has 2 heterocycles. The van der Waals surface area contributed by atoms with Crippen molar-refractivity contribution in [3.05, 3.63) is 23.0 Å². The fraction of sp³-hybridized carbons (Fsp3) is 0.273. The number of carboxylic acid groups (broad SMARTS) is 1. The fourth-order valence-corrected chi connectivity index (χ4v) is 3.92. The number of thioether (sulfide) groups is 1. The number of hydrogen-bond donors (Lipinski definition) is 1. The van der Waals surface area contributed by atoms with Crippen molar-refractivity contribution in [2.75, 3.05) is 6.26 Å². The van der Waals surface area contributed by atoms with Crippen molar-refractivity contribution in [3.63, 3.8) is 0 Å². The van der Waals surface area contributed by atoms with Crippen LogP contribution in [0.25, 0.3) is 0 Å². The summed E-state index contributed by atoms with van der Waals surface area (Å²) in [5.41, 5.74) is 0.772. The second-order valence-corrected chi connectivity index (χ2v) is 6.74. The SMILES string of the molecule is CSc1cc(Sc2nc(C)c(CC(=O)O)s2)ncn1. The van der Waals surface area contributed by atoms with Gasteiger partial charge in [-0.05, 0) is 24.9 Å². The Labute approximate surface area is 122 Å². The highest BCUT2D eigenvalue weighted by Gasteiger charge is 2.12. The average Bonchev–Trinajstić information content (AvgIpc) is 2.69. The quantitative estimate of drug-likeness (QED) is 0.672. The highest BCUT2D eigenvalue weighted by molar-refractivity contribution is 8.01. The smallest absolute Gasteiger partial charge is 0.308 e. The van der Waals surface area contributed by atoms with Gasteiger partial charge in [0.05, 0.1) is 12.1 Å². The van der Waals surface area contributed by atoms with E-state index in [4.69, 9.17) is 5.11 Å². The second-order valence-electron chi connectivity index (χ2n) is 3.56. The first-order valence-corrected chi connectivity index (χ1v) is 8.16. The number of rotatable bonds is 5. The van der Waals surface area contributed by atoms with Crippen molar-refractivity contribution in [1.82, 2.24) is 15.0 Å². The minimum atomic E-state index is -0.838. The van der Waals surface area contributed by atoms with Crippen LogP contribution < -0.4 is 0 Å². The van der Waals surface area contributed by atoms with Crippen molar-refractivity contribution in [2.24, 2.45) is 0 Å². The molecule has 2 rings (SSSR count). The monoisotopic (exact) mass is 313 g/mol. The van der Waals surface area contributed by atoms with Crippen molar-refractivity contribution in [3.8, 4) is 0 Å². The summed E-state index contributed by atoms with van der Waals surface area (Å²) >= 11 is 4.38. The van der Waals surface area contributed by atoms with Gasteiger partial charge >= 0.3 is 5.97 Å². The van der Waals surface area contributed by atoms with Crippen LogP contribution in [-0.4, -0.2) is 32.3 Å². The number of nitrogens with zero attached hydrogens (tertiary/aromatic N) is 3. The summed E-state index contributed by atoms with van der Waals surface area (Å²) in [5.74, 6) is -0.838. The van der Waals surface area contributed by atoms with Gasteiger partial charge in [0, 0.05) is 10.9 Å². The van der Waals surface area contributed by atoms with Crippen molar-refractivity contribution >= 4 is 40.8 Å². The van der Waals surface area contributed by atoms with Gasteiger partial charge in [-0.3, -0.25) is 4.79 Å². The summed E-state index contributed by atoms with van der Waals surface area (Å²) in [4.78, 5) is 24.1. The van der Waals surface area contributed by atoms with Crippen LogP contribution in [0.1, 0.15) is 10.6 Å². The number of carbonyl (C=O) groups is 1. The van der Waals surface area contributed by atoms with Gasteiger partial charge in [-0.25, -0.2) is 15.0 Å². The normalized spacial score (nSPS) is 10.6. The molecule has 8 heteroatoms. The zero-order valence-corrected chi connectivity index (χ0v) is 12.7. The summed E-state index contributed by atoms with van der Waals surface area (Å²) in [5, 5.41) is 10.5. The number of hydrogen-bond acceptors (Lipinski definition) is 7. The molecule has 0 spiro atoms. The molecule has 0 fully saturated rings. The number of aliphatic carboxylic acids is 1. The van der Waals surface area contributed by atoms with Crippen molar-refractivity contribution < 1.29 is 9.90 Å². The molecule has 0 saturated heterocycles. The maximum atomic E-state index is 10.7. The maximum absolute atomic E-state index is 10.7. The first kappa shape index (κ1) is 14.3. The molecule has 0 saturated carbocycles. The third-order valence-electron chi connectivity index (χ3n) is 2.20. The van der Waals surface area contributed by atoms with Crippen LogP contribution in [0.4, 0.5) is 0 Å². The highest BCUT2D eigenvalue weighted by Crippen LogP contribution is 2.32. The molecule has 0 aliphatic heterocycles. The van der Waals surface area contributed by atoms with Gasteiger partial charge in [0.15, 0.2) is 4.34 Å². The zero-order valence-electron chi connectivity index (χ0n) is 10.3. The number of aromatic nitrogens is 3. The molecule has 1 N–H and O–H groups in total. The Hall–Kier alpha value is -1.12. The molecule has 2 aromatic heterocycles. The molecule has 0 unspecified atom stereocenters. The molecule has 0 amide bonds. The van der Waals surface area contributed by atoms with Crippen molar-refractivity contribution in [2.45, 2.75) is 27.7 Å². The van der Waals surface area contributed by atoms with Gasteiger partial charge < -0.3 is 5.11 Å². The van der Waals surface area contributed by atoms with E-state index in [0.717, 1.165) is 25.0 Å². The zero-order chi connectivity index (χ0) is 13.8. The number of thiazole rings is 1. The lowest BCUT2D eigenvalue weighted by atomic mass is 10.3. The van der Waals surface area contributed by atoms with E-state index < -0.39 is 5.97 Å². The summed E-state index contributed by atoms with van der Waals surface area (Å²) in [6, 6.07) is 1.89. The third-order valence-corrected chi connectivity index (χ3v) is 4.99. The summed E-state index contributed by atoms with van der Waals surface area (Å²) in [6.45, 7) is 1.83. The first-order chi connectivity index (χ1) is 9.08. The van der Waals surface area contributed by atoms with Crippen LogP contribution in [0.5, 0.6) is 0 Å². The van der Waals surface area contributed by atoms with Crippen LogP contribution >= 0.6 is 34.9 Å². The van der Waals surface area contributed by atoms with E-state index in [1.807, 2.05) is 19.2 Å².